The number of carbonyl (C=O) groups is 2. The van der Waals surface area contributed by atoms with Gasteiger partial charge in [-0.25, -0.2) is 12.8 Å². The molecule has 0 radical (unpaired) electrons. The lowest BCUT2D eigenvalue weighted by Gasteiger charge is -2.34. The third-order valence-corrected chi connectivity index (χ3v) is 8.29. The minimum Gasteiger partial charge on any atom is -0.352 e. The average Bonchev–Trinajstić information content (AvgIpc) is 2.91. The minimum atomic E-state index is -3.94. The van der Waals surface area contributed by atoms with Gasteiger partial charge in [-0.1, -0.05) is 73.1 Å². The molecule has 2 atom stereocenters. The van der Waals surface area contributed by atoms with Crippen LogP contribution in [0.4, 0.5) is 10.1 Å². The van der Waals surface area contributed by atoms with Crippen molar-refractivity contribution in [2.24, 2.45) is 0 Å². The second-order valence-corrected chi connectivity index (χ2v) is 12.1. The van der Waals surface area contributed by atoms with Crippen molar-refractivity contribution in [1.82, 2.24) is 10.2 Å². The molecule has 0 heterocycles. The third kappa shape index (κ3) is 8.05. The summed E-state index contributed by atoms with van der Waals surface area (Å²) in [6.07, 6.45) is 1.82. The van der Waals surface area contributed by atoms with Crippen molar-refractivity contribution in [3.8, 4) is 0 Å². The van der Waals surface area contributed by atoms with Gasteiger partial charge in [-0.3, -0.25) is 13.9 Å². The summed E-state index contributed by atoms with van der Waals surface area (Å²) in [5.74, 6) is -1.60. The summed E-state index contributed by atoms with van der Waals surface area (Å²) in [5, 5.41) is 3.29. The van der Waals surface area contributed by atoms with Gasteiger partial charge < -0.3 is 10.2 Å². The van der Waals surface area contributed by atoms with Crippen LogP contribution in [0.2, 0.25) is 5.02 Å². The second kappa shape index (κ2) is 13.8. The van der Waals surface area contributed by atoms with Crippen LogP contribution in [-0.4, -0.2) is 50.0 Å². The third-order valence-electron chi connectivity index (χ3n) is 6.76. The minimum absolute atomic E-state index is 0.151. The van der Waals surface area contributed by atoms with E-state index < -0.39 is 40.2 Å². The molecule has 40 heavy (non-hydrogen) atoms. The van der Waals surface area contributed by atoms with E-state index >= 15 is 0 Å². The number of benzene rings is 3. The number of amides is 2. The van der Waals surface area contributed by atoms with E-state index in [0.29, 0.717) is 17.0 Å². The molecule has 0 aliphatic rings. The van der Waals surface area contributed by atoms with Crippen molar-refractivity contribution < 1.29 is 22.4 Å². The molecule has 3 rings (SSSR count). The van der Waals surface area contributed by atoms with Crippen molar-refractivity contribution in [3.05, 3.63) is 100 Å². The molecule has 10 heteroatoms. The zero-order valence-corrected chi connectivity index (χ0v) is 24.7. The molecule has 3 aromatic carbocycles. The molecule has 0 aliphatic heterocycles. The highest BCUT2D eigenvalue weighted by Gasteiger charge is 2.34. The predicted octanol–water partition coefficient (Wildman–Crippen LogP) is 5.11. The topological polar surface area (TPSA) is 86.8 Å². The van der Waals surface area contributed by atoms with Gasteiger partial charge in [0.15, 0.2) is 0 Å². The molecule has 0 bridgehead atoms. The maximum Gasteiger partial charge on any atom is 0.244 e. The fraction of sp³-hybridized carbons (Fsp3) is 0.333. The van der Waals surface area contributed by atoms with Gasteiger partial charge in [0.05, 0.1) is 11.9 Å². The quantitative estimate of drug-likeness (QED) is 0.319. The zero-order valence-electron chi connectivity index (χ0n) is 23.1. The summed E-state index contributed by atoms with van der Waals surface area (Å²) in [6.45, 7) is 4.61. The molecule has 0 saturated carbocycles. The highest BCUT2D eigenvalue weighted by atomic mass is 35.5. The predicted molar refractivity (Wildman–Crippen MR) is 157 cm³/mol. The van der Waals surface area contributed by atoms with Crippen molar-refractivity contribution in [3.63, 3.8) is 0 Å². The van der Waals surface area contributed by atoms with E-state index in [1.807, 2.05) is 44.2 Å². The first-order valence-corrected chi connectivity index (χ1v) is 15.2. The second-order valence-electron chi connectivity index (χ2n) is 9.79. The van der Waals surface area contributed by atoms with Crippen molar-refractivity contribution >= 4 is 39.1 Å². The monoisotopic (exact) mass is 587 g/mol. The van der Waals surface area contributed by atoms with E-state index in [1.165, 1.54) is 23.1 Å². The average molecular weight is 588 g/mol. The van der Waals surface area contributed by atoms with Gasteiger partial charge in [0.1, 0.15) is 18.4 Å². The number of hydrogen-bond acceptors (Lipinski definition) is 4. The Morgan fingerprint density at radius 3 is 2.27 bits per heavy atom. The number of nitrogens with one attached hydrogen (secondary N) is 1. The lowest BCUT2D eigenvalue weighted by atomic mass is 10.0. The summed E-state index contributed by atoms with van der Waals surface area (Å²) < 4.78 is 41.6. The van der Waals surface area contributed by atoms with Crippen LogP contribution < -0.4 is 9.62 Å². The van der Waals surface area contributed by atoms with Gasteiger partial charge in [0, 0.05) is 29.6 Å². The number of nitrogens with zero attached hydrogens (tertiary/aromatic N) is 2. The van der Waals surface area contributed by atoms with Crippen LogP contribution in [-0.2, 0) is 32.6 Å². The largest absolute Gasteiger partial charge is 0.352 e. The van der Waals surface area contributed by atoms with E-state index in [2.05, 4.69) is 5.32 Å². The Bertz CT molecular complexity index is 1440. The van der Waals surface area contributed by atoms with Gasteiger partial charge >= 0.3 is 0 Å². The number of rotatable bonds is 12. The zero-order chi connectivity index (χ0) is 29.4. The van der Waals surface area contributed by atoms with Gasteiger partial charge in [-0.15, -0.1) is 0 Å². The molecule has 0 spiro atoms. The first kappa shape index (κ1) is 31.1. The Kier molecular flexibility index (Phi) is 10.7. The summed E-state index contributed by atoms with van der Waals surface area (Å²) in [6, 6.07) is 18.8. The maximum absolute atomic E-state index is 14.8. The van der Waals surface area contributed by atoms with Crippen LogP contribution >= 0.6 is 11.6 Å². The van der Waals surface area contributed by atoms with E-state index in [0.717, 1.165) is 16.1 Å². The number of hydrogen-bond donors (Lipinski definition) is 1. The van der Waals surface area contributed by atoms with Crippen molar-refractivity contribution in [2.75, 3.05) is 17.1 Å². The molecule has 2 amide bonds. The van der Waals surface area contributed by atoms with E-state index in [4.69, 9.17) is 11.6 Å². The molecule has 0 aliphatic carbocycles. The first-order valence-electron chi connectivity index (χ1n) is 13.0. The molecule has 0 fully saturated rings. The lowest BCUT2D eigenvalue weighted by Crippen LogP contribution is -2.54. The summed E-state index contributed by atoms with van der Waals surface area (Å²) in [7, 11) is -3.94. The molecule has 0 unspecified atom stereocenters. The van der Waals surface area contributed by atoms with Gasteiger partial charge in [0.25, 0.3) is 0 Å². The number of sulfonamides is 1. The molecule has 1 N–H and O–H groups in total. The first-order chi connectivity index (χ1) is 18.9. The van der Waals surface area contributed by atoms with Crippen LogP contribution in [0.5, 0.6) is 0 Å². The summed E-state index contributed by atoms with van der Waals surface area (Å²) in [5.41, 5.74) is 1.73. The van der Waals surface area contributed by atoms with Crippen molar-refractivity contribution in [1.29, 1.82) is 0 Å². The number of anilines is 1. The van der Waals surface area contributed by atoms with Gasteiger partial charge in [-0.2, -0.15) is 0 Å². The Morgan fingerprint density at radius 1 is 1.00 bits per heavy atom. The molecule has 0 aromatic heterocycles. The lowest BCUT2D eigenvalue weighted by molar-refractivity contribution is -0.140. The van der Waals surface area contributed by atoms with Crippen molar-refractivity contribution in [2.45, 2.75) is 52.2 Å². The van der Waals surface area contributed by atoms with Gasteiger partial charge in [-0.05, 0) is 49.6 Å². The number of carbonyl (C=O) groups excluding carboxylic acids is 2. The molecule has 3 aromatic rings. The normalized spacial score (nSPS) is 12.8. The molecular weight excluding hydrogens is 553 g/mol. The van der Waals surface area contributed by atoms with Gasteiger partial charge in [0.2, 0.25) is 21.8 Å². The maximum atomic E-state index is 14.8. The summed E-state index contributed by atoms with van der Waals surface area (Å²) >= 11 is 6.26. The SMILES string of the molecule is CC[C@H](C)NC(=O)[C@H](Cc1ccccc1)N(Cc1ccccc1F)C(=O)CN(c1cccc(Cl)c1C)S(C)(=O)=O. The standard InChI is InChI=1S/C30H35ClFN3O4S/c1-5-21(2)33-30(37)28(18-23-12-7-6-8-13-23)34(19-24-14-9-10-16-26(24)32)29(36)20-35(40(4,38)39)27-17-11-15-25(31)22(27)3/h6-17,21,28H,5,18-20H2,1-4H3,(H,33,37)/t21-,28-/m0/s1. The van der Waals surface area contributed by atoms with E-state index in [-0.39, 0.29) is 30.3 Å². The molecule has 214 valence electrons. The Hall–Kier alpha value is -3.43. The smallest absolute Gasteiger partial charge is 0.244 e. The van der Waals surface area contributed by atoms with Crippen LogP contribution in [0, 0.1) is 12.7 Å². The van der Waals surface area contributed by atoms with Crippen LogP contribution in [0.1, 0.15) is 37.0 Å². The Morgan fingerprint density at radius 2 is 1.65 bits per heavy atom. The molecule has 0 saturated heterocycles. The van der Waals surface area contributed by atoms with E-state index in [9.17, 15) is 22.4 Å². The van der Waals surface area contributed by atoms with E-state index in [1.54, 1.807) is 31.2 Å². The van der Waals surface area contributed by atoms with Crippen LogP contribution in [0.3, 0.4) is 0 Å². The highest BCUT2D eigenvalue weighted by Crippen LogP contribution is 2.29. The fourth-order valence-corrected chi connectivity index (χ4v) is 5.34. The Balaban J connectivity index is 2.10. The van der Waals surface area contributed by atoms with Crippen LogP contribution in [0.25, 0.3) is 0 Å². The Labute approximate surface area is 241 Å². The highest BCUT2D eigenvalue weighted by molar-refractivity contribution is 7.92. The summed E-state index contributed by atoms with van der Waals surface area (Å²) in [4.78, 5) is 29.0. The molecular formula is C30H35ClFN3O4S. The number of halogens is 2. The fourth-order valence-electron chi connectivity index (χ4n) is 4.27. The van der Waals surface area contributed by atoms with Crippen LogP contribution in [0.15, 0.2) is 72.8 Å². The molecule has 7 nitrogen and oxygen atoms in total.